The van der Waals surface area contributed by atoms with E-state index in [1.165, 1.54) is 11.8 Å². The quantitative estimate of drug-likeness (QED) is 0.592. The van der Waals surface area contributed by atoms with Crippen LogP contribution < -0.4 is 5.32 Å². The van der Waals surface area contributed by atoms with Crippen LogP contribution in [0.25, 0.3) is 0 Å². The zero-order chi connectivity index (χ0) is 8.48. The number of rotatable bonds is 0. The summed E-state index contributed by atoms with van der Waals surface area (Å²) in [6, 6.07) is 0. The zero-order valence-corrected chi connectivity index (χ0v) is 7.79. The van der Waals surface area contributed by atoms with E-state index in [1.807, 2.05) is 20.8 Å². The van der Waals surface area contributed by atoms with Gasteiger partial charge in [-0.15, -0.1) is 0 Å². The fraction of sp³-hybridized carbons (Fsp3) is 0.714. The summed E-state index contributed by atoms with van der Waals surface area (Å²) in [6.45, 7) is 6.01. The second kappa shape index (κ2) is 2.85. The van der Waals surface area contributed by atoms with E-state index in [0.29, 0.717) is 5.75 Å². The number of amides is 1. The van der Waals surface area contributed by atoms with Gasteiger partial charge in [0.2, 0.25) is 5.91 Å². The molecule has 0 bridgehead atoms. The first-order valence-corrected chi connectivity index (χ1v) is 4.48. The van der Waals surface area contributed by atoms with Crippen molar-refractivity contribution in [2.75, 3.05) is 5.75 Å². The van der Waals surface area contributed by atoms with Gasteiger partial charge in [0.25, 0.3) is 0 Å². The first-order chi connectivity index (χ1) is 4.97. The van der Waals surface area contributed by atoms with Crippen LogP contribution in [0.2, 0.25) is 0 Å². The summed E-state index contributed by atoms with van der Waals surface area (Å²) in [5.41, 5.74) is -0.0973. The summed E-state index contributed by atoms with van der Waals surface area (Å²) in [4.78, 5) is 15.0. The number of nitrogens with zero attached hydrogens (tertiary/aromatic N) is 1. The molecule has 4 heteroatoms. The molecule has 11 heavy (non-hydrogen) atoms. The molecule has 0 aromatic heterocycles. The first kappa shape index (κ1) is 8.59. The van der Waals surface area contributed by atoms with Crippen molar-refractivity contribution in [3.05, 3.63) is 0 Å². The van der Waals surface area contributed by atoms with E-state index < -0.39 is 0 Å². The van der Waals surface area contributed by atoms with E-state index in [4.69, 9.17) is 0 Å². The lowest BCUT2D eigenvalue weighted by Gasteiger charge is -2.12. The first-order valence-electron chi connectivity index (χ1n) is 3.50. The van der Waals surface area contributed by atoms with Crippen molar-refractivity contribution in [2.24, 2.45) is 4.99 Å². The minimum atomic E-state index is -0.0973. The topological polar surface area (TPSA) is 41.5 Å². The van der Waals surface area contributed by atoms with Gasteiger partial charge in [-0.25, -0.2) is 0 Å². The van der Waals surface area contributed by atoms with Gasteiger partial charge in [0, 0.05) is 0 Å². The summed E-state index contributed by atoms with van der Waals surface area (Å²) in [7, 11) is 0. The van der Waals surface area contributed by atoms with Crippen LogP contribution in [0, 0.1) is 0 Å². The maximum Gasteiger partial charge on any atom is 0.236 e. The molecule has 0 saturated carbocycles. The third-order valence-electron chi connectivity index (χ3n) is 1.02. The number of amidine groups is 1. The molecule has 1 amide bonds. The Kier molecular flexibility index (Phi) is 2.23. The van der Waals surface area contributed by atoms with E-state index in [1.54, 1.807) is 0 Å². The Labute approximate surface area is 70.7 Å². The summed E-state index contributed by atoms with van der Waals surface area (Å²) in [5, 5.41) is 3.44. The van der Waals surface area contributed by atoms with Gasteiger partial charge in [-0.05, 0) is 20.8 Å². The van der Waals surface area contributed by atoms with Crippen LogP contribution in [0.4, 0.5) is 0 Å². The van der Waals surface area contributed by atoms with Gasteiger partial charge in [0.15, 0.2) is 5.17 Å². The molecule has 3 nitrogen and oxygen atoms in total. The zero-order valence-electron chi connectivity index (χ0n) is 6.97. The summed E-state index contributed by atoms with van der Waals surface area (Å²) in [5.74, 6) is 0.563. The maximum absolute atomic E-state index is 10.7. The van der Waals surface area contributed by atoms with Crippen LogP contribution in [0.3, 0.4) is 0 Å². The molecule has 0 radical (unpaired) electrons. The van der Waals surface area contributed by atoms with Crippen molar-refractivity contribution < 1.29 is 4.79 Å². The molecule has 1 saturated heterocycles. The minimum Gasteiger partial charge on any atom is -0.305 e. The molecule has 1 heterocycles. The van der Waals surface area contributed by atoms with E-state index in [0.717, 1.165) is 5.17 Å². The molecule has 1 rings (SSSR count). The standard InChI is InChI=1S/C7H12N2OS/c1-7(2,3)9-6-8-5(10)4-11-6/h4H2,1-3H3,(H,8,9,10). The summed E-state index contributed by atoms with van der Waals surface area (Å²) >= 11 is 1.47. The fourth-order valence-corrected chi connectivity index (χ4v) is 1.55. The van der Waals surface area contributed by atoms with Crippen LogP contribution in [0.15, 0.2) is 4.99 Å². The highest BCUT2D eigenvalue weighted by molar-refractivity contribution is 8.15. The Balaban J connectivity index is 2.62. The molecular weight excluding hydrogens is 160 g/mol. The van der Waals surface area contributed by atoms with Crippen LogP contribution in [-0.4, -0.2) is 22.4 Å². The average Bonchev–Trinajstić information content (AvgIpc) is 2.10. The SMILES string of the molecule is CC(C)(C)N=C1NC(=O)CS1. The van der Waals surface area contributed by atoms with Crippen molar-refractivity contribution >= 4 is 22.8 Å². The molecule has 0 spiro atoms. The Morgan fingerprint density at radius 3 is 2.55 bits per heavy atom. The molecular formula is C7H12N2OS. The molecule has 0 aliphatic carbocycles. The molecule has 0 atom stereocenters. The normalized spacial score (nSPS) is 22.5. The predicted molar refractivity (Wildman–Crippen MR) is 47.8 cm³/mol. The van der Waals surface area contributed by atoms with Crippen molar-refractivity contribution in [1.29, 1.82) is 0 Å². The highest BCUT2D eigenvalue weighted by Crippen LogP contribution is 2.14. The number of nitrogens with one attached hydrogen (secondary N) is 1. The van der Waals surface area contributed by atoms with Gasteiger partial charge in [-0.1, -0.05) is 11.8 Å². The van der Waals surface area contributed by atoms with Crippen molar-refractivity contribution in [3.8, 4) is 0 Å². The fourth-order valence-electron chi connectivity index (χ4n) is 0.690. The number of thioether (sulfide) groups is 1. The highest BCUT2D eigenvalue weighted by atomic mass is 32.2. The summed E-state index contributed by atoms with van der Waals surface area (Å²) < 4.78 is 0. The van der Waals surface area contributed by atoms with Crippen LogP contribution in [-0.2, 0) is 4.79 Å². The second-order valence-electron chi connectivity index (χ2n) is 3.42. The molecule has 62 valence electrons. The Morgan fingerprint density at radius 1 is 1.55 bits per heavy atom. The number of hydrogen-bond acceptors (Lipinski definition) is 3. The van der Waals surface area contributed by atoms with Crippen molar-refractivity contribution in [1.82, 2.24) is 5.32 Å². The van der Waals surface area contributed by atoms with Gasteiger partial charge in [0.1, 0.15) is 0 Å². The third kappa shape index (κ3) is 2.93. The maximum atomic E-state index is 10.7. The van der Waals surface area contributed by atoms with E-state index in [9.17, 15) is 4.79 Å². The molecule has 0 aromatic rings. The van der Waals surface area contributed by atoms with Gasteiger partial charge >= 0.3 is 0 Å². The Bertz CT molecular complexity index is 205. The number of carbonyl (C=O) groups excluding carboxylic acids is 1. The number of aliphatic imine (C=N–C) groups is 1. The molecule has 1 N–H and O–H groups in total. The van der Waals surface area contributed by atoms with E-state index in [-0.39, 0.29) is 11.4 Å². The Morgan fingerprint density at radius 2 is 2.18 bits per heavy atom. The van der Waals surface area contributed by atoms with Gasteiger partial charge < -0.3 is 5.32 Å². The van der Waals surface area contributed by atoms with Crippen LogP contribution in [0.1, 0.15) is 20.8 Å². The molecule has 1 aliphatic rings. The molecule has 0 unspecified atom stereocenters. The minimum absolute atomic E-state index is 0.0537. The molecule has 1 aliphatic heterocycles. The Hall–Kier alpha value is -0.510. The van der Waals surface area contributed by atoms with Gasteiger partial charge in [0.05, 0.1) is 11.3 Å². The van der Waals surface area contributed by atoms with E-state index >= 15 is 0 Å². The third-order valence-corrected chi connectivity index (χ3v) is 1.90. The van der Waals surface area contributed by atoms with Gasteiger partial charge in [-0.3, -0.25) is 9.79 Å². The number of carbonyl (C=O) groups is 1. The van der Waals surface area contributed by atoms with Crippen molar-refractivity contribution in [3.63, 3.8) is 0 Å². The smallest absolute Gasteiger partial charge is 0.236 e. The van der Waals surface area contributed by atoms with E-state index in [2.05, 4.69) is 10.3 Å². The highest BCUT2D eigenvalue weighted by Gasteiger charge is 2.19. The summed E-state index contributed by atoms with van der Waals surface area (Å²) in [6.07, 6.45) is 0. The van der Waals surface area contributed by atoms with Gasteiger partial charge in [-0.2, -0.15) is 0 Å². The largest absolute Gasteiger partial charge is 0.305 e. The molecule has 1 fully saturated rings. The predicted octanol–water partition coefficient (Wildman–Crippen LogP) is 1.00. The van der Waals surface area contributed by atoms with Crippen LogP contribution >= 0.6 is 11.8 Å². The second-order valence-corrected chi connectivity index (χ2v) is 4.39. The lowest BCUT2D eigenvalue weighted by atomic mass is 10.1. The van der Waals surface area contributed by atoms with Crippen LogP contribution in [0.5, 0.6) is 0 Å². The lowest BCUT2D eigenvalue weighted by molar-refractivity contribution is -0.116. The molecule has 0 aromatic carbocycles. The average molecular weight is 172 g/mol. The number of hydrogen-bond donors (Lipinski definition) is 1. The lowest BCUT2D eigenvalue weighted by Crippen LogP contribution is -2.23. The monoisotopic (exact) mass is 172 g/mol. The van der Waals surface area contributed by atoms with Crippen molar-refractivity contribution in [2.45, 2.75) is 26.3 Å².